The number of anilines is 2. The van der Waals surface area contributed by atoms with E-state index in [1.165, 1.54) is 31.3 Å². The number of rotatable bonds is 9. The van der Waals surface area contributed by atoms with Gasteiger partial charge < -0.3 is 20.7 Å². The molecule has 0 bridgehead atoms. The molecule has 0 radical (unpaired) electrons. The Balaban J connectivity index is 1.79. The van der Waals surface area contributed by atoms with E-state index in [4.69, 9.17) is 4.74 Å². The molecule has 2 amide bonds. The number of hydrogen-bond donors (Lipinski definition) is 3. The van der Waals surface area contributed by atoms with Crippen molar-refractivity contribution < 1.29 is 35.9 Å². The second-order valence-corrected chi connectivity index (χ2v) is 11.0. The van der Waals surface area contributed by atoms with Crippen molar-refractivity contribution in [1.82, 2.24) is 25.6 Å². The van der Waals surface area contributed by atoms with Gasteiger partial charge in [0.25, 0.3) is 0 Å². The number of nitrogens with one attached hydrogen (secondary N) is 3. The van der Waals surface area contributed by atoms with Crippen LogP contribution in [0, 0.1) is 0 Å². The lowest BCUT2D eigenvalue weighted by Gasteiger charge is -2.12. The van der Waals surface area contributed by atoms with E-state index in [0.29, 0.717) is 21.5 Å². The summed E-state index contributed by atoms with van der Waals surface area (Å²) in [5.41, 5.74) is -0.607. The summed E-state index contributed by atoms with van der Waals surface area (Å²) in [6.45, 7) is 3.32. The molecule has 0 aliphatic heterocycles. The third kappa shape index (κ3) is 7.85. The number of carbonyl (C=O) groups is 2. The highest BCUT2D eigenvalue weighted by molar-refractivity contribution is 7.90. The summed E-state index contributed by atoms with van der Waals surface area (Å²) in [5, 5.41) is 8.09. The van der Waals surface area contributed by atoms with Crippen LogP contribution >= 0.6 is 11.3 Å². The van der Waals surface area contributed by atoms with Crippen LogP contribution in [0.1, 0.15) is 24.5 Å². The van der Waals surface area contributed by atoms with Gasteiger partial charge in [-0.15, -0.1) is 11.3 Å². The van der Waals surface area contributed by atoms with Crippen LogP contribution in [0.25, 0.3) is 10.4 Å². The first-order chi connectivity index (χ1) is 17.8. The molecule has 0 spiro atoms. The highest BCUT2D eigenvalue weighted by Gasteiger charge is 2.32. The summed E-state index contributed by atoms with van der Waals surface area (Å²) in [6, 6.07) is 3.40. The number of sulfone groups is 1. The molecule has 3 aromatic rings. The van der Waals surface area contributed by atoms with Gasteiger partial charge in [-0.25, -0.2) is 33.0 Å². The van der Waals surface area contributed by atoms with E-state index in [9.17, 15) is 31.2 Å². The summed E-state index contributed by atoms with van der Waals surface area (Å²) >= 11 is 1.15. The summed E-state index contributed by atoms with van der Waals surface area (Å²) in [7, 11) is -3.70. The molecule has 0 unspecified atom stereocenters. The number of esters is 1. The molecule has 0 aliphatic rings. The smallest absolute Gasteiger partial charge is 0.433 e. The second kappa shape index (κ2) is 11.7. The summed E-state index contributed by atoms with van der Waals surface area (Å²) in [4.78, 5) is 35.6. The van der Waals surface area contributed by atoms with Gasteiger partial charge in [0, 0.05) is 24.3 Å². The van der Waals surface area contributed by atoms with Gasteiger partial charge >= 0.3 is 18.2 Å². The molecule has 38 heavy (non-hydrogen) atoms. The number of amides is 2. The summed E-state index contributed by atoms with van der Waals surface area (Å²) in [6.07, 6.45) is -1.28. The molecule has 2 heterocycles. The highest BCUT2D eigenvalue weighted by atomic mass is 32.2. The number of aromatic nitrogens is 3. The van der Waals surface area contributed by atoms with Crippen molar-refractivity contribution in [1.29, 1.82) is 0 Å². The molecule has 11 nitrogen and oxygen atoms in total. The summed E-state index contributed by atoms with van der Waals surface area (Å²) in [5.74, 6) is -0.946. The number of ether oxygens (including phenoxy) is 1. The Morgan fingerprint density at radius 2 is 1.92 bits per heavy atom. The van der Waals surface area contributed by atoms with Crippen molar-refractivity contribution in [3.8, 4) is 10.4 Å². The molecule has 2 aromatic heterocycles. The van der Waals surface area contributed by atoms with Crippen molar-refractivity contribution in [2.24, 2.45) is 0 Å². The van der Waals surface area contributed by atoms with E-state index in [-0.39, 0.29) is 29.7 Å². The number of urea groups is 1. The second-order valence-electron chi connectivity index (χ2n) is 7.83. The fourth-order valence-electron chi connectivity index (χ4n) is 2.99. The molecular formula is C22H23F3N6O5S2. The van der Waals surface area contributed by atoms with Gasteiger partial charge in [-0.05, 0) is 43.7 Å². The van der Waals surface area contributed by atoms with Gasteiger partial charge in [0.05, 0.1) is 22.9 Å². The molecular weight excluding hydrogens is 549 g/mol. The van der Waals surface area contributed by atoms with E-state index >= 15 is 0 Å². The Morgan fingerprint density at radius 1 is 1.18 bits per heavy atom. The molecule has 0 aliphatic carbocycles. The fourth-order valence-corrected chi connectivity index (χ4v) is 4.52. The van der Waals surface area contributed by atoms with Crippen LogP contribution in [-0.2, 0) is 32.1 Å². The number of halogens is 3. The van der Waals surface area contributed by atoms with Gasteiger partial charge in [-0.2, -0.15) is 13.2 Å². The third-order valence-corrected chi connectivity index (χ3v) is 6.90. The Kier molecular flexibility index (Phi) is 8.88. The molecule has 204 valence electrons. The number of thiazole rings is 1. The van der Waals surface area contributed by atoms with Crippen LogP contribution in [0.5, 0.6) is 0 Å². The van der Waals surface area contributed by atoms with Crippen LogP contribution in [-0.4, -0.2) is 54.3 Å². The monoisotopic (exact) mass is 572 g/mol. The first-order valence-corrected chi connectivity index (χ1v) is 13.7. The normalized spacial score (nSPS) is 12.5. The molecule has 1 atom stereocenters. The van der Waals surface area contributed by atoms with E-state index in [1.54, 1.807) is 6.92 Å². The Labute approximate surface area is 219 Å². The Bertz CT molecular complexity index is 1430. The minimum atomic E-state index is -4.68. The molecule has 0 saturated heterocycles. The van der Waals surface area contributed by atoms with Crippen LogP contribution < -0.4 is 16.0 Å². The van der Waals surface area contributed by atoms with Gasteiger partial charge in [0.15, 0.2) is 9.84 Å². The lowest BCUT2D eigenvalue weighted by molar-refractivity contribution is -0.145. The van der Waals surface area contributed by atoms with Crippen LogP contribution in [0.15, 0.2) is 41.6 Å². The molecule has 3 N–H and O–H groups in total. The first-order valence-electron chi connectivity index (χ1n) is 10.9. The molecule has 1 aromatic carbocycles. The Morgan fingerprint density at radius 3 is 2.58 bits per heavy atom. The van der Waals surface area contributed by atoms with Crippen molar-refractivity contribution in [3.63, 3.8) is 0 Å². The Hall–Kier alpha value is -3.79. The maximum atomic E-state index is 13.0. The molecule has 0 fully saturated rings. The zero-order chi connectivity index (χ0) is 28.1. The van der Waals surface area contributed by atoms with Crippen molar-refractivity contribution in [2.45, 2.75) is 37.5 Å². The van der Waals surface area contributed by atoms with Gasteiger partial charge in [0.2, 0.25) is 5.95 Å². The van der Waals surface area contributed by atoms with Crippen LogP contribution in [0.2, 0.25) is 0 Å². The number of hydrogen-bond acceptors (Lipinski definition) is 10. The first kappa shape index (κ1) is 28.8. The zero-order valence-electron chi connectivity index (χ0n) is 20.3. The fraction of sp³-hybridized carbons (Fsp3) is 0.318. The highest BCUT2D eigenvalue weighted by Crippen LogP contribution is 2.32. The van der Waals surface area contributed by atoms with Gasteiger partial charge in [-0.1, -0.05) is 0 Å². The zero-order valence-corrected chi connectivity index (χ0v) is 21.9. The maximum Gasteiger partial charge on any atom is 0.433 e. The standard InChI is InChI=1S/C22H23F3N6O5S2/c1-4-36-19(32)12(2)29-21(33)28-11-18-27-10-16(37-18)13-7-14(9-15(8-13)38(3,34)35)30-20-26-6-5-17(31-20)22(23,24)25/h5-10,12H,4,11H2,1-3H3,(H,26,30,31)(H2,28,29,33)/t12-/m0/s1. The largest absolute Gasteiger partial charge is 0.464 e. The van der Waals surface area contributed by atoms with Crippen molar-refractivity contribution in [3.05, 3.63) is 47.4 Å². The van der Waals surface area contributed by atoms with E-state index in [1.807, 2.05) is 0 Å². The predicted octanol–water partition coefficient (Wildman–Crippen LogP) is 3.52. The average Bonchev–Trinajstić information content (AvgIpc) is 3.31. The molecule has 16 heteroatoms. The van der Waals surface area contributed by atoms with E-state index in [2.05, 4.69) is 30.9 Å². The van der Waals surface area contributed by atoms with Crippen LogP contribution in [0.4, 0.5) is 29.6 Å². The maximum absolute atomic E-state index is 13.0. The number of alkyl halides is 3. The molecule has 0 saturated carbocycles. The SMILES string of the molecule is CCOC(=O)[C@H](C)NC(=O)NCc1ncc(-c2cc(Nc3nccc(C(F)(F)F)n3)cc(S(C)(=O)=O)c2)s1. The van der Waals surface area contributed by atoms with Crippen molar-refractivity contribution in [2.75, 3.05) is 18.2 Å². The average molecular weight is 573 g/mol. The van der Waals surface area contributed by atoms with Crippen LogP contribution in [0.3, 0.4) is 0 Å². The van der Waals surface area contributed by atoms with Crippen molar-refractivity contribution >= 4 is 44.8 Å². The minimum Gasteiger partial charge on any atom is -0.464 e. The number of carbonyl (C=O) groups excluding carboxylic acids is 2. The lowest BCUT2D eigenvalue weighted by Crippen LogP contribution is -2.44. The van der Waals surface area contributed by atoms with E-state index in [0.717, 1.165) is 23.8 Å². The third-order valence-electron chi connectivity index (χ3n) is 4.76. The lowest BCUT2D eigenvalue weighted by atomic mass is 10.2. The van der Waals surface area contributed by atoms with Gasteiger partial charge in [0.1, 0.15) is 16.7 Å². The minimum absolute atomic E-state index is 0.0149. The quantitative estimate of drug-likeness (QED) is 0.327. The number of nitrogens with zero attached hydrogens (tertiary/aromatic N) is 3. The topological polar surface area (TPSA) is 152 Å². The molecule has 3 rings (SSSR count). The van der Waals surface area contributed by atoms with Gasteiger partial charge in [-0.3, -0.25) is 0 Å². The van der Waals surface area contributed by atoms with E-state index < -0.39 is 39.7 Å². The predicted molar refractivity (Wildman–Crippen MR) is 132 cm³/mol. The number of benzene rings is 1. The summed E-state index contributed by atoms with van der Waals surface area (Å²) < 4.78 is 68.3.